The molecule has 0 bridgehead atoms. The van der Waals surface area contributed by atoms with Gasteiger partial charge in [-0.15, -0.1) is 0 Å². The Morgan fingerprint density at radius 3 is 2.35 bits per heavy atom. The van der Waals surface area contributed by atoms with Crippen LogP contribution in [-0.2, 0) is 9.84 Å². The van der Waals surface area contributed by atoms with Crippen molar-refractivity contribution >= 4 is 32.2 Å². The molecule has 0 amide bonds. The highest BCUT2D eigenvalue weighted by atomic mass is 32.2. The lowest BCUT2D eigenvalue weighted by molar-refractivity contribution is 0.568. The highest BCUT2D eigenvalue weighted by Crippen LogP contribution is 2.37. The van der Waals surface area contributed by atoms with E-state index in [-0.39, 0.29) is 22.5 Å². The van der Waals surface area contributed by atoms with Crippen LogP contribution in [0, 0.1) is 5.92 Å². The Kier molecular flexibility index (Phi) is 5.82. The summed E-state index contributed by atoms with van der Waals surface area (Å²) in [5, 5.41) is 0.680. The van der Waals surface area contributed by atoms with Crippen LogP contribution in [0.1, 0.15) is 41.0 Å². The van der Waals surface area contributed by atoms with Crippen molar-refractivity contribution in [1.29, 1.82) is 0 Å². The van der Waals surface area contributed by atoms with Gasteiger partial charge in [0.15, 0.2) is 15.7 Å². The van der Waals surface area contributed by atoms with E-state index in [1.54, 1.807) is 0 Å². The van der Waals surface area contributed by atoms with Gasteiger partial charge >= 0.3 is 0 Å². The van der Waals surface area contributed by atoms with E-state index in [0.29, 0.717) is 17.3 Å². The van der Waals surface area contributed by atoms with Gasteiger partial charge in [0.1, 0.15) is 9.90 Å². The first-order valence-electron chi connectivity index (χ1n) is 6.95. The van der Waals surface area contributed by atoms with E-state index < -0.39 is 9.84 Å². The smallest absolute Gasteiger partial charge is 0.185 e. The Balaban J connectivity index is 3.31. The largest absolute Gasteiger partial charge is 0.382 e. The van der Waals surface area contributed by atoms with Crippen molar-refractivity contribution in [3.63, 3.8) is 0 Å². The minimum Gasteiger partial charge on any atom is -0.382 e. The lowest BCUT2D eigenvalue weighted by atomic mass is 10.2. The Hall–Kier alpha value is -0.820. The summed E-state index contributed by atoms with van der Waals surface area (Å²) < 4.78 is 28.9. The summed E-state index contributed by atoms with van der Waals surface area (Å²) >= 11 is 1.18. The van der Waals surface area contributed by atoms with E-state index in [0.717, 1.165) is 6.54 Å². The van der Waals surface area contributed by atoms with E-state index >= 15 is 0 Å². The number of nitrogens with zero attached hydrogens (tertiary/aromatic N) is 2. The van der Waals surface area contributed by atoms with Crippen LogP contribution in [0.2, 0.25) is 0 Å². The third kappa shape index (κ3) is 3.85. The van der Waals surface area contributed by atoms with Crippen LogP contribution in [-0.4, -0.2) is 31.1 Å². The van der Waals surface area contributed by atoms with Gasteiger partial charge in [-0.05, 0) is 37.7 Å². The molecule has 0 aliphatic heterocycles. The second kappa shape index (κ2) is 6.76. The molecule has 0 aliphatic carbocycles. The van der Waals surface area contributed by atoms with Crippen molar-refractivity contribution in [2.24, 2.45) is 5.92 Å². The van der Waals surface area contributed by atoms with Crippen molar-refractivity contribution in [2.75, 3.05) is 22.9 Å². The van der Waals surface area contributed by atoms with E-state index in [2.05, 4.69) is 37.0 Å². The minimum atomic E-state index is -3.36. The van der Waals surface area contributed by atoms with Gasteiger partial charge < -0.3 is 10.6 Å². The fraction of sp³-hybridized carbons (Fsp3) is 0.769. The fourth-order valence-electron chi connectivity index (χ4n) is 2.05. The zero-order valence-electron chi connectivity index (χ0n) is 12.9. The molecular weight excluding hydrogens is 294 g/mol. The summed E-state index contributed by atoms with van der Waals surface area (Å²) in [5.41, 5.74) is 5.82. The van der Waals surface area contributed by atoms with Gasteiger partial charge in [0.05, 0.1) is 5.75 Å². The molecule has 0 saturated heterocycles. The molecule has 0 aliphatic rings. The average molecular weight is 319 g/mol. The molecule has 1 heterocycles. The molecule has 7 heteroatoms. The van der Waals surface area contributed by atoms with E-state index in [1.165, 1.54) is 11.5 Å². The summed E-state index contributed by atoms with van der Waals surface area (Å²) in [6.45, 7) is 11.0. The van der Waals surface area contributed by atoms with Crippen LogP contribution < -0.4 is 10.6 Å². The molecule has 0 fully saturated rings. The molecule has 2 N–H and O–H groups in total. The van der Waals surface area contributed by atoms with Crippen LogP contribution in [0.25, 0.3) is 0 Å². The summed E-state index contributed by atoms with van der Waals surface area (Å²) in [5.74, 6) is 0.672. The molecule has 0 radical (unpaired) electrons. The van der Waals surface area contributed by atoms with Gasteiger partial charge in [0.2, 0.25) is 0 Å². The predicted octanol–water partition coefficient (Wildman–Crippen LogP) is 2.78. The molecule has 1 aromatic heterocycles. The zero-order valence-corrected chi connectivity index (χ0v) is 14.5. The van der Waals surface area contributed by atoms with Crippen LogP contribution in [0.3, 0.4) is 0 Å². The summed E-state index contributed by atoms with van der Waals surface area (Å²) in [6, 6.07) is 0.202. The van der Waals surface area contributed by atoms with Gasteiger partial charge in [0, 0.05) is 12.6 Å². The van der Waals surface area contributed by atoms with Gasteiger partial charge in [0.25, 0.3) is 0 Å². The van der Waals surface area contributed by atoms with Crippen molar-refractivity contribution in [3.8, 4) is 0 Å². The molecule has 0 unspecified atom stereocenters. The minimum absolute atomic E-state index is 0.107. The van der Waals surface area contributed by atoms with Crippen molar-refractivity contribution in [1.82, 2.24) is 4.37 Å². The number of hydrogen-bond donors (Lipinski definition) is 1. The van der Waals surface area contributed by atoms with Crippen molar-refractivity contribution < 1.29 is 8.42 Å². The number of sulfone groups is 1. The number of aromatic nitrogens is 1. The third-order valence-corrected chi connectivity index (χ3v) is 5.89. The lowest BCUT2D eigenvalue weighted by Gasteiger charge is -2.29. The average Bonchev–Trinajstić information content (AvgIpc) is 2.67. The van der Waals surface area contributed by atoms with E-state index in [4.69, 9.17) is 5.73 Å². The summed E-state index contributed by atoms with van der Waals surface area (Å²) in [4.78, 5) is 2.31. The van der Waals surface area contributed by atoms with Gasteiger partial charge in [-0.25, -0.2) is 8.42 Å². The first-order valence-corrected chi connectivity index (χ1v) is 9.37. The Labute approximate surface area is 126 Å². The van der Waals surface area contributed by atoms with Crippen LogP contribution in [0.15, 0.2) is 4.90 Å². The monoisotopic (exact) mass is 319 g/mol. The number of anilines is 2. The van der Waals surface area contributed by atoms with Crippen molar-refractivity contribution in [3.05, 3.63) is 0 Å². The topological polar surface area (TPSA) is 76.3 Å². The molecule has 1 rings (SSSR count). The first-order chi connectivity index (χ1) is 9.20. The molecule has 0 aromatic carbocycles. The normalized spacial score (nSPS) is 12.3. The highest BCUT2D eigenvalue weighted by Gasteiger charge is 2.29. The number of rotatable bonds is 7. The highest BCUT2D eigenvalue weighted by molar-refractivity contribution is 7.91. The molecular formula is C13H25N3O2S2. The second-order valence-electron chi connectivity index (χ2n) is 5.66. The molecule has 116 valence electrons. The standard InChI is InChI=1S/C13H25N3O2S2/c1-6-7-20(17,18)11-12(14)15-19-13(11)16(10(4)5)8-9(2)3/h9-10H,6-8H2,1-5H3,(H2,14,15). The van der Waals surface area contributed by atoms with Gasteiger partial charge in [-0.3, -0.25) is 0 Å². The molecule has 0 spiro atoms. The molecule has 20 heavy (non-hydrogen) atoms. The van der Waals surface area contributed by atoms with E-state index in [1.807, 2.05) is 6.92 Å². The molecule has 5 nitrogen and oxygen atoms in total. The van der Waals surface area contributed by atoms with Gasteiger partial charge in [-0.2, -0.15) is 4.37 Å². The maximum atomic E-state index is 12.4. The molecule has 1 aromatic rings. The number of nitrogens with two attached hydrogens (primary N) is 1. The molecule has 0 atom stereocenters. The Bertz CT molecular complexity index is 536. The lowest BCUT2D eigenvalue weighted by Crippen LogP contribution is -2.34. The van der Waals surface area contributed by atoms with Crippen molar-refractivity contribution in [2.45, 2.75) is 52.0 Å². The Morgan fingerprint density at radius 1 is 1.30 bits per heavy atom. The summed E-state index contributed by atoms with van der Waals surface area (Å²) in [7, 11) is -3.36. The first kappa shape index (κ1) is 17.2. The predicted molar refractivity (Wildman–Crippen MR) is 86.2 cm³/mol. The maximum absolute atomic E-state index is 12.4. The zero-order chi connectivity index (χ0) is 15.5. The second-order valence-corrected chi connectivity index (χ2v) is 8.46. The fourth-order valence-corrected chi connectivity index (χ4v) is 4.95. The SMILES string of the molecule is CCCS(=O)(=O)c1c(N)nsc1N(CC(C)C)C(C)C. The van der Waals surface area contributed by atoms with Crippen LogP contribution in [0.4, 0.5) is 10.8 Å². The summed E-state index contributed by atoms with van der Waals surface area (Å²) in [6.07, 6.45) is 0.572. The van der Waals surface area contributed by atoms with Crippen LogP contribution in [0.5, 0.6) is 0 Å². The third-order valence-electron chi connectivity index (χ3n) is 2.89. The quantitative estimate of drug-likeness (QED) is 0.836. The van der Waals surface area contributed by atoms with Crippen LogP contribution >= 0.6 is 11.5 Å². The van der Waals surface area contributed by atoms with Gasteiger partial charge in [-0.1, -0.05) is 20.8 Å². The molecule has 0 saturated carbocycles. The number of nitrogen functional groups attached to an aromatic ring is 1. The Morgan fingerprint density at radius 2 is 1.90 bits per heavy atom. The number of hydrogen-bond acceptors (Lipinski definition) is 6. The van der Waals surface area contributed by atoms with E-state index in [9.17, 15) is 8.42 Å². The maximum Gasteiger partial charge on any atom is 0.185 e.